The van der Waals surface area contributed by atoms with E-state index in [1.54, 1.807) is 4.68 Å². The van der Waals surface area contributed by atoms with Crippen LogP contribution >= 0.6 is 11.8 Å². The fourth-order valence-corrected chi connectivity index (χ4v) is 1.68. The Morgan fingerprint density at radius 3 is 2.87 bits per heavy atom. The maximum absolute atomic E-state index is 10.2. The number of nitrogens with zero attached hydrogens (tertiary/aromatic N) is 4. The van der Waals surface area contributed by atoms with Gasteiger partial charge in [-0.1, -0.05) is 30.0 Å². The van der Waals surface area contributed by atoms with E-state index in [1.165, 1.54) is 11.8 Å². The smallest absolute Gasteiger partial charge is 0.214 e. The highest BCUT2D eigenvalue weighted by molar-refractivity contribution is 7.99. The molecule has 0 bridgehead atoms. The van der Waals surface area contributed by atoms with Crippen molar-refractivity contribution in [2.75, 3.05) is 5.75 Å². The van der Waals surface area contributed by atoms with E-state index < -0.39 is 0 Å². The van der Waals surface area contributed by atoms with Crippen molar-refractivity contribution < 1.29 is 4.79 Å². The summed E-state index contributed by atoms with van der Waals surface area (Å²) in [6.45, 7) is 0. The monoisotopic (exact) mass is 220 g/mol. The SMILES string of the molecule is O=CCSc1nnnn1-c1ccccc1. The lowest BCUT2D eigenvalue weighted by atomic mass is 10.3. The fraction of sp³-hybridized carbons (Fsp3) is 0.111. The molecule has 0 N–H and O–H groups in total. The predicted octanol–water partition coefficient (Wildman–Crippen LogP) is 0.953. The number of hydrogen-bond acceptors (Lipinski definition) is 5. The molecular weight excluding hydrogens is 212 g/mol. The van der Waals surface area contributed by atoms with Crippen molar-refractivity contribution in [2.24, 2.45) is 0 Å². The molecule has 0 aliphatic rings. The van der Waals surface area contributed by atoms with Crippen LogP contribution in [0.15, 0.2) is 35.5 Å². The van der Waals surface area contributed by atoms with Crippen LogP contribution in [0.25, 0.3) is 5.69 Å². The number of thioether (sulfide) groups is 1. The van der Waals surface area contributed by atoms with Gasteiger partial charge < -0.3 is 4.79 Å². The Labute approximate surface area is 90.5 Å². The molecule has 1 aromatic carbocycles. The third-order valence-electron chi connectivity index (χ3n) is 1.72. The lowest BCUT2D eigenvalue weighted by Gasteiger charge is -2.01. The topological polar surface area (TPSA) is 60.7 Å². The Hall–Kier alpha value is -1.69. The molecule has 6 heteroatoms. The third-order valence-corrected chi connectivity index (χ3v) is 2.54. The molecule has 0 spiro atoms. The van der Waals surface area contributed by atoms with E-state index in [2.05, 4.69) is 15.5 Å². The molecule has 0 amide bonds. The maximum atomic E-state index is 10.2. The molecule has 0 aliphatic carbocycles. The molecule has 1 heterocycles. The molecule has 0 atom stereocenters. The molecular formula is C9H8N4OS. The number of tetrazole rings is 1. The van der Waals surface area contributed by atoms with E-state index in [0.29, 0.717) is 10.9 Å². The van der Waals surface area contributed by atoms with E-state index >= 15 is 0 Å². The van der Waals surface area contributed by atoms with Crippen LogP contribution < -0.4 is 0 Å². The summed E-state index contributed by atoms with van der Waals surface area (Å²) in [6, 6.07) is 9.55. The Morgan fingerprint density at radius 2 is 2.13 bits per heavy atom. The average molecular weight is 220 g/mol. The first-order valence-corrected chi connectivity index (χ1v) is 5.30. The molecule has 5 nitrogen and oxygen atoms in total. The van der Waals surface area contributed by atoms with Crippen LogP contribution in [0.1, 0.15) is 0 Å². The number of aldehydes is 1. The summed E-state index contributed by atoms with van der Waals surface area (Å²) in [5.74, 6) is 0.354. The predicted molar refractivity (Wildman–Crippen MR) is 55.9 cm³/mol. The van der Waals surface area contributed by atoms with Gasteiger partial charge in [-0.15, -0.1) is 5.10 Å². The summed E-state index contributed by atoms with van der Waals surface area (Å²) >= 11 is 1.31. The second kappa shape index (κ2) is 4.70. The van der Waals surface area contributed by atoms with Gasteiger partial charge in [-0.25, -0.2) is 0 Å². The first kappa shape index (κ1) is 9.85. The van der Waals surface area contributed by atoms with E-state index in [4.69, 9.17) is 0 Å². The first-order chi connectivity index (χ1) is 7.42. The normalized spacial score (nSPS) is 10.1. The second-order valence-corrected chi connectivity index (χ2v) is 3.67. The summed E-state index contributed by atoms with van der Waals surface area (Å²) in [5.41, 5.74) is 0.885. The summed E-state index contributed by atoms with van der Waals surface area (Å²) in [4.78, 5) is 10.2. The van der Waals surface area contributed by atoms with Gasteiger partial charge in [0.2, 0.25) is 5.16 Å². The van der Waals surface area contributed by atoms with Crippen molar-refractivity contribution in [1.29, 1.82) is 0 Å². The van der Waals surface area contributed by atoms with Gasteiger partial charge in [-0.3, -0.25) is 0 Å². The van der Waals surface area contributed by atoms with Gasteiger partial charge in [0.25, 0.3) is 0 Å². The van der Waals surface area contributed by atoms with Crippen LogP contribution in [0.5, 0.6) is 0 Å². The maximum Gasteiger partial charge on any atom is 0.214 e. The standard InChI is InChI=1S/C9H8N4OS/c14-6-7-15-9-10-11-12-13(9)8-4-2-1-3-5-8/h1-6H,7H2. The Bertz CT molecular complexity index is 442. The highest BCUT2D eigenvalue weighted by atomic mass is 32.2. The van der Waals surface area contributed by atoms with Crippen LogP contribution in [0.4, 0.5) is 0 Å². The molecule has 0 unspecified atom stereocenters. The van der Waals surface area contributed by atoms with Gasteiger partial charge in [0.05, 0.1) is 11.4 Å². The van der Waals surface area contributed by atoms with Gasteiger partial charge in [0.15, 0.2) is 0 Å². The van der Waals surface area contributed by atoms with Crippen molar-refractivity contribution in [3.8, 4) is 5.69 Å². The fourth-order valence-electron chi connectivity index (χ4n) is 1.11. The number of rotatable bonds is 4. The van der Waals surface area contributed by atoms with Gasteiger partial charge in [0.1, 0.15) is 6.29 Å². The average Bonchev–Trinajstić information content (AvgIpc) is 2.75. The molecule has 15 heavy (non-hydrogen) atoms. The zero-order chi connectivity index (χ0) is 10.5. The van der Waals surface area contributed by atoms with E-state index in [1.807, 2.05) is 30.3 Å². The number of carbonyl (C=O) groups is 1. The van der Waals surface area contributed by atoms with Crippen molar-refractivity contribution in [3.63, 3.8) is 0 Å². The molecule has 0 saturated heterocycles. The molecule has 76 valence electrons. The number of aromatic nitrogens is 4. The van der Waals surface area contributed by atoms with Gasteiger partial charge in [0, 0.05) is 0 Å². The third kappa shape index (κ3) is 2.21. The van der Waals surface area contributed by atoms with Crippen molar-refractivity contribution in [1.82, 2.24) is 20.2 Å². The second-order valence-electron chi connectivity index (χ2n) is 2.69. The Kier molecular flexibility index (Phi) is 3.08. The van der Waals surface area contributed by atoms with E-state index in [9.17, 15) is 4.79 Å². The van der Waals surface area contributed by atoms with Crippen LogP contribution in [-0.2, 0) is 4.79 Å². The van der Waals surface area contributed by atoms with Crippen LogP contribution in [0.2, 0.25) is 0 Å². The molecule has 1 aromatic heterocycles. The summed E-state index contributed by atoms with van der Waals surface area (Å²) in [5, 5.41) is 11.9. The molecule has 0 radical (unpaired) electrons. The number of hydrogen-bond donors (Lipinski definition) is 0. The van der Waals surface area contributed by atoms with Gasteiger partial charge >= 0.3 is 0 Å². The number of benzene rings is 1. The zero-order valence-electron chi connectivity index (χ0n) is 7.78. The lowest BCUT2D eigenvalue weighted by molar-refractivity contribution is -0.105. The molecule has 0 saturated carbocycles. The van der Waals surface area contributed by atoms with Gasteiger partial charge in [-0.05, 0) is 22.6 Å². The largest absolute Gasteiger partial charge is 0.302 e. The molecule has 2 rings (SSSR count). The van der Waals surface area contributed by atoms with E-state index in [0.717, 1.165) is 12.0 Å². The van der Waals surface area contributed by atoms with Crippen molar-refractivity contribution in [3.05, 3.63) is 30.3 Å². The molecule has 2 aromatic rings. The van der Waals surface area contributed by atoms with Crippen molar-refractivity contribution in [2.45, 2.75) is 5.16 Å². The molecule has 0 fully saturated rings. The first-order valence-electron chi connectivity index (χ1n) is 4.32. The minimum atomic E-state index is 0.354. The van der Waals surface area contributed by atoms with E-state index in [-0.39, 0.29) is 0 Å². The van der Waals surface area contributed by atoms with Crippen LogP contribution in [-0.4, -0.2) is 32.2 Å². The minimum absolute atomic E-state index is 0.354. The Morgan fingerprint density at radius 1 is 1.33 bits per heavy atom. The summed E-state index contributed by atoms with van der Waals surface area (Å²) in [7, 11) is 0. The van der Waals surface area contributed by atoms with Crippen molar-refractivity contribution >= 4 is 18.0 Å². The highest BCUT2D eigenvalue weighted by Gasteiger charge is 2.07. The number of carbonyl (C=O) groups excluding carboxylic acids is 1. The highest BCUT2D eigenvalue weighted by Crippen LogP contribution is 2.16. The summed E-state index contributed by atoms with van der Waals surface area (Å²) in [6.07, 6.45) is 0.828. The zero-order valence-corrected chi connectivity index (χ0v) is 8.59. The lowest BCUT2D eigenvalue weighted by Crippen LogP contribution is -1.98. The van der Waals surface area contributed by atoms with Crippen LogP contribution in [0, 0.1) is 0 Å². The Balaban J connectivity index is 2.29. The molecule has 0 aliphatic heterocycles. The summed E-state index contributed by atoms with van der Waals surface area (Å²) < 4.78 is 1.61. The van der Waals surface area contributed by atoms with Gasteiger partial charge in [-0.2, -0.15) is 4.68 Å². The quantitative estimate of drug-likeness (QED) is 0.567. The van der Waals surface area contributed by atoms with Crippen LogP contribution in [0.3, 0.4) is 0 Å². The minimum Gasteiger partial charge on any atom is -0.302 e. The number of para-hydroxylation sites is 1.